The molecule has 0 saturated carbocycles. The molecule has 2 aliphatic heterocycles. The highest BCUT2D eigenvalue weighted by Gasteiger charge is 2.39. The quantitative estimate of drug-likeness (QED) is 0.785. The number of rotatable bonds is 2. The zero-order valence-corrected chi connectivity index (χ0v) is 11.1. The number of nitrogens with zero attached hydrogens (tertiary/aromatic N) is 2. The van der Waals surface area contributed by atoms with Gasteiger partial charge in [-0.25, -0.2) is 0 Å². The van der Waals surface area contributed by atoms with Crippen LogP contribution in [0.3, 0.4) is 0 Å². The van der Waals surface area contributed by atoms with Gasteiger partial charge in [0.15, 0.2) is 0 Å². The maximum atomic E-state index is 11.1. The monoisotopic (exact) mass is 240 g/mol. The lowest BCUT2D eigenvalue weighted by molar-refractivity contribution is -0.142. The summed E-state index contributed by atoms with van der Waals surface area (Å²) in [5, 5.41) is 9.16. The average Bonchev–Trinajstić information content (AvgIpc) is 2.64. The zero-order valence-electron chi connectivity index (χ0n) is 11.1. The SMILES string of the molecule is CC1CN(C2CCN(C)C(C)C2)CC1C(=O)O. The molecule has 0 amide bonds. The van der Waals surface area contributed by atoms with Crippen molar-refractivity contribution in [2.24, 2.45) is 11.8 Å². The minimum atomic E-state index is -0.624. The van der Waals surface area contributed by atoms with Crippen LogP contribution in [0.2, 0.25) is 0 Å². The van der Waals surface area contributed by atoms with Gasteiger partial charge in [-0.2, -0.15) is 0 Å². The van der Waals surface area contributed by atoms with Crippen molar-refractivity contribution in [1.82, 2.24) is 9.80 Å². The van der Waals surface area contributed by atoms with E-state index in [1.165, 1.54) is 12.8 Å². The number of hydrogen-bond donors (Lipinski definition) is 1. The maximum absolute atomic E-state index is 11.1. The van der Waals surface area contributed by atoms with Gasteiger partial charge in [0.1, 0.15) is 0 Å². The average molecular weight is 240 g/mol. The van der Waals surface area contributed by atoms with Crippen LogP contribution in [-0.2, 0) is 4.79 Å². The summed E-state index contributed by atoms with van der Waals surface area (Å²) in [7, 11) is 2.17. The van der Waals surface area contributed by atoms with Gasteiger partial charge in [-0.3, -0.25) is 9.69 Å². The number of hydrogen-bond acceptors (Lipinski definition) is 3. The second-order valence-corrected chi connectivity index (χ2v) is 5.88. The topological polar surface area (TPSA) is 43.8 Å². The Bertz CT molecular complexity index is 295. The first-order chi connectivity index (χ1) is 7.99. The highest BCUT2D eigenvalue weighted by molar-refractivity contribution is 5.71. The van der Waals surface area contributed by atoms with E-state index in [2.05, 4.69) is 30.7 Å². The molecule has 1 N–H and O–H groups in total. The number of aliphatic carboxylic acids is 1. The molecular weight excluding hydrogens is 216 g/mol. The van der Waals surface area contributed by atoms with E-state index >= 15 is 0 Å². The molecule has 98 valence electrons. The molecule has 4 atom stereocenters. The summed E-state index contributed by atoms with van der Waals surface area (Å²) >= 11 is 0. The summed E-state index contributed by atoms with van der Waals surface area (Å²) in [6, 6.07) is 1.21. The third-order valence-electron chi connectivity index (χ3n) is 4.65. The molecule has 2 aliphatic rings. The van der Waals surface area contributed by atoms with Gasteiger partial charge in [0.25, 0.3) is 0 Å². The fourth-order valence-electron chi connectivity index (χ4n) is 3.22. The lowest BCUT2D eigenvalue weighted by Crippen LogP contribution is -2.47. The molecule has 2 saturated heterocycles. The van der Waals surface area contributed by atoms with Crippen LogP contribution in [0.15, 0.2) is 0 Å². The van der Waals surface area contributed by atoms with Crippen LogP contribution in [-0.4, -0.2) is 59.6 Å². The first-order valence-corrected chi connectivity index (χ1v) is 6.66. The molecule has 2 heterocycles. The Hall–Kier alpha value is -0.610. The second-order valence-electron chi connectivity index (χ2n) is 5.88. The van der Waals surface area contributed by atoms with Crippen molar-refractivity contribution in [2.75, 3.05) is 26.7 Å². The highest BCUT2D eigenvalue weighted by Crippen LogP contribution is 2.29. The molecule has 0 radical (unpaired) electrons. The fraction of sp³-hybridized carbons (Fsp3) is 0.923. The number of piperidine rings is 1. The fourth-order valence-corrected chi connectivity index (χ4v) is 3.22. The minimum Gasteiger partial charge on any atom is -0.481 e. The van der Waals surface area contributed by atoms with Gasteiger partial charge >= 0.3 is 5.97 Å². The van der Waals surface area contributed by atoms with Crippen molar-refractivity contribution < 1.29 is 9.90 Å². The predicted octanol–water partition coefficient (Wildman–Crippen LogP) is 1.12. The van der Waals surface area contributed by atoms with Crippen molar-refractivity contribution in [3.63, 3.8) is 0 Å². The third-order valence-corrected chi connectivity index (χ3v) is 4.65. The lowest BCUT2D eigenvalue weighted by Gasteiger charge is -2.39. The van der Waals surface area contributed by atoms with Crippen LogP contribution >= 0.6 is 0 Å². The molecule has 0 aromatic carbocycles. The highest BCUT2D eigenvalue weighted by atomic mass is 16.4. The molecule has 0 aromatic rings. The first kappa shape index (κ1) is 12.8. The molecule has 2 fully saturated rings. The van der Waals surface area contributed by atoms with Gasteiger partial charge in [0.2, 0.25) is 0 Å². The van der Waals surface area contributed by atoms with Crippen molar-refractivity contribution in [3.8, 4) is 0 Å². The Kier molecular flexibility index (Phi) is 3.73. The molecular formula is C13H24N2O2. The normalized spacial score (nSPS) is 40.6. The van der Waals surface area contributed by atoms with Gasteiger partial charge in [-0.1, -0.05) is 6.92 Å². The summed E-state index contributed by atoms with van der Waals surface area (Å²) in [4.78, 5) is 15.9. The van der Waals surface area contributed by atoms with E-state index in [9.17, 15) is 4.79 Å². The van der Waals surface area contributed by atoms with Crippen LogP contribution in [0.1, 0.15) is 26.7 Å². The second kappa shape index (κ2) is 4.94. The molecule has 17 heavy (non-hydrogen) atoms. The van der Waals surface area contributed by atoms with Crippen molar-refractivity contribution in [3.05, 3.63) is 0 Å². The van der Waals surface area contributed by atoms with Crippen LogP contribution < -0.4 is 0 Å². The Labute approximate surface area is 104 Å². The summed E-state index contributed by atoms with van der Waals surface area (Å²) < 4.78 is 0. The van der Waals surface area contributed by atoms with Crippen molar-refractivity contribution >= 4 is 5.97 Å². The van der Waals surface area contributed by atoms with Crippen molar-refractivity contribution in [1.29, 1.82) is 0 Å². The van der Waals surface area contributed by atoms with E-state index < -0.39 is 5.97 Å². The molecule has 0 bridgehead atoms. The smallest absolute Gasteiger partial charge is 0.308 e. The molecule has 4 nitrogen and oxygen atoms in total. The van der Waals surface area contributed by atoms with Crippen LogP contribution in [0.4, 0.5) is 0 Å². The van der Waals surface area contributed by atoms with Crippen LogP contribution in [0, 0.1) is 11.8 Å². The number of carbonyl (C=O) groups is 1. The van der Waals surface area contributed by atoms with Gasteiger partial charge in [-0.05, 0) is 39.3 Å². The molecule has 4 unspecified atom stereocenters. The van der Waals surface area contributed by atoms with Crippen LogP contribution in [0.5, 0.6) is 0 Å². The van der Waals surface area contributed by atoms with E-state index in [0.29, 0.717) is 18.0 Å². The minimum absolute atomic E-state index is 0.162. The number of likely N-dealkylation sites (tertiary alicyclic amines) is 2. The summed E-state index contributed by atoms with van der Waals surface area (Å²) in [5.41, 5.74) is 0. The summed E-state index contributed by atoms with van der Waals surface area (Å²) in [6.07, 6.45) is 2.36. The van der Waals surface area contributed by atoms with Gasteiger partial charge < -0.3 is 10.0 Å². The molecule has 0 aromatic heterocycles. The Morgan fingerprint density at radius 3 is 2.53 bits per heavy atom. The van der Waals surface area contributed by atoms with E-state index in [1.807, 2.05) is 0 Å². The third kappa shape index (κ3) is 2.63. The van der Waals surface area contributed by atoms with Gasteiger partial charge in [0.05, 0.1) is 5.92 Å². The zero-order chi connectivity index (χ0) is 12.6. The van der Waals surface area contributed by atoms with E-state index in [-0.39, 0.29) is 5.92 Å². The Balaban J connectivity index is 1.94. The molecule has 2 rings (SSSR count). The predicted molar refractivity (Wildman–Crippen MR) is 67.0 cm³/mol. The van der Waals surface area contributed by atoms with E-state index in [1.54, 1.807) is 0 Å². The first-order valence-electron chi connectivity index (χ1n) is 6.66. The van der Waals surface area contributed by atoms with E-state index in [4.69, 9.17) is 5.11 Å². The Morgan fingerprint density at radius 2 is 2.00 bits per heavy atom. The Morgan fingerprint density at radius 1 is 1.29 bits per heavy atom. The molecule has 4 heteroatoms. The maximum Gasteiger partial charge on any atom is 0.308 e. The van der Waals surface area contributed by atoms with E-state index in [0.717, 1.165) is 19.6 Å². The largest absolute Gasteiger partial charge is 0.481 e. The standard InChI is InChI=1S/C13H24N2O2/c1-9-7-15(8-12(9)13(16)17)11-4-5-14(3)10(2)6-11/h9-12H,4-8H2,1-3H3,(H,16,17). The molecule has 0 spiro atoms. The molecule has 0 aliphatic carbocycles. The van der Waals surface area contributed by atoms with Gasteiger partial charge in [0, 0.05) is 25.2 Å². The lowest BCUT2D eigenvalue weighted by atomic mass is 9.98. The number of carboxylic acids is 1. The van der Waals surface area contributed by atoms with Crippen LogP contribution in [0.25, 0.3) is 0 Å². The summed E-state index contributed by atoms with van der Waals surface area (Å²) in [6.45, 7) is 7.17. The summed E-state index contributed by atoms with van der Waals surface area (Å²) in [5.74, 6) is -0.492. The van der Waals surface area contributed by atoms with Gasteiger partial charge in [-0.15, -0.1) is 0 Å². The van der Waals surface area contributed by atoms with Crippen molar-refractivity contribution in [2.45, 2.75) is 38.8 Å². The number of carboxylic acid groups (broad SMARTS) is 1.